The molecule has 0 aliphatic rings. The Morgan fingerprint density at radius 1 is 1.31 bits per heavy atom. The maximum atomic E-state index is 11.6. The van der Waals surface area contributed by atoms with E-state index in [0.29, 0.717) is 0 Å². The van der Waals surface area contributed by atoms with Crippen LogP contribution in [0.2, 0.25) is 0 Å². The highest BCUT2D eigenvalue weighted by Crippen LogP contribution is 2.23. The molecule has 0 aliphatic heterocycles. The van der Waals surface area contributed by atoms with Gasteiger partial charge in [0.2, 0.25) is 0 Å². The van der Waals surface area contributed by atoms with Gasteiger partial charge < -0.3 is 4.74 Å². The van der Waals surface area contributed by atoms with Crippen LogP contribution < -0.4 is 0 Å². The van der Waals surface area contributed by atoms with Gasteiger partial charge in [-0.15, -0.1) is 13.2 Å². The first-order valence-electron chi connectivity index (χ1n) is 3.48. The van der Waals surface area contributed by atoms with Crippen LogP contribution in [0.3, 0.4) is 0 Å². The lowest BCUT2D eigenvalue weighted by Gasteiger charge is -2.21. The normalized spacial score (nSPS) is 12.8. The molecule has 0 spiro atoms. The molecule has 0 atom stereocenters. The predicted octanol–water partition coefficient (Wildman–Crippen LogP) is 1.72. The molecule has 0 aromatic rings. The number of hydrogen-bond acceptors (Lipinski definition) is 3. The van der Waals surface area contributed by atoms with Crippen LogP contribution in [0.25, 0.3) is 0 Å². The van der Waals surface area contributed by atoms with Crippen molar-refractivity contribution in [1.82, 2.24) is 0 Å². The first-order chi connectivity index (χ1) is 5.69. The van der Waals surface area contributed by atoms with Gasteiger partial charge in [-0.05, 0) is 13.8 Å². The van der Waals surface area contributed by atoms with Crippen LogP contribution >= 0.6 is 0 Å². The molecule has 0 N–H and O–H groups in total. The van der Waals surface area contributed by atoms with Gasteiger partial charge in [-0.2, -0.15) is 0 Å². The van der Waals surface area contributed by atoms with E-state index in [-0.39, 0.29) is 0 Å². The molecule has 0 aliphatic carbocycles. The first kappa shape index (κ1) is 12.2. The quantitative estimate of drug-likeness (QED) is 0.650. The molecular formula is C7H11F3O3. The fourth-order valence-corrected chi connectivity index (χ4v) is 0.597. The largest absolute Gasteiger partial charge is 0.522 e. The molecule has 0 rings (SSSR count). The predicted molar refractivity (Wildman–Crippen MR) is 37.8 cm³/mol. The maximum Gasteiger partial charge on any atom is 0.522 e. The molecule has 0 heterocycles. The number of carbonyl (C=O) groups is 1. The number of esters is 1. The maximum absolute atomic E-state index is 11.6. The van der Waals surface area contributed by atoms with Crippen molar-refractivity contribution in [1.29, 1.82) is 0 Å². The summed E-state index contributed by atoms with van der Waals surface area (Å²) >= 11 is 0. The zero-order valence-corrected chi connectivity index (χ0v) is 7.57. The molecule has 0 aromatic heterocycles. The van der Waals surface area contributed by atoms with Crippen LogP contribution in [0, 0.1) is 5.41 Å². The Labute approximate surface area is 73.8 Å². The smallest absolute Gasteiger partial charge is 0.469 e. The second-order valence-corrected chi connectivity index (χ2v) is 3.11. The third-order valence-corrected chi connectivity index (χ3v) is 1.33. The lowest BCUT2D eigenvalue weighted by molar-refractivity contribution is -0.331. The fourth-order valence-electron chi connectivity index (χ4n) is 0.597. The first-order valence-corrected chi connectivity index (χ1v) is 3.48. The highest BCUT2D eigenvalue weighted by atomic mass is 19.4. The zero-order chi connectivity index (χ0) is 10.7. The summed E-state index contributed by atoms with van der Waals surface area (Å²) < 4.78 is 42.5. The number of rotatable bonds is 3. The number of halogens is 3. The third kappa shape index (κ3) is 4.72. The molecule has 0 saturated heterocycles. The van der Waals surface area contributed by atoms with Crippen molar-refractivity contribution in [2.45, 2.75) is 20.2 Å². The Hall–Kier alpha value is -0.780. The van der Waals surface area contributed by atoms with E-state index >= 15 is 0 Å². The van der Waals surface area contributed by atoms with Crippen LogP contribution in [0.4, 0.5) is 13.2 Å². The number of carbonyl (C=O) groups excluding carboxylic acids is 1. The summed E-state index contributed by atoms with van der Waals surface area (Å²) in [6.07, 6.45) is -4.72. The van der Waals surface area contributed by atoms with Crippen LogP contribution in [0.1, 0.15) is 13.8 Å². The number of hydrogen-bond donors (Lipinski definition) is 0. The Bertz CT molecular complexity index is 186. The van der Waals surface area contributed by atoms with Crippen molar-refractivity contribution < 1.29 is 27.4 Å². The molecule has 0 bridgehead atoms. The summed E-state index contributed by atoms with van der Waals surface area (Å²) in [5.74, 6) is -0.739. The molecule has 13 heavy (non-hydrogen) atoms. The Balaban J connectivity index is 4.11. The molecule has 78 valence electrons. The van der Waals surface area contributed by atoms with E-state index in [1.807, 2.05) is 0 Å². The van der Waals surface area contributed by atoms with Gasteiger partial charge in [-0.3, -0.25) is 9.53 Å². The van der Waals surface area contributed by atoms with Crippen LogP contribution in [-0.2, 0) is 14.3 Å². The summed E-state index contributed by atoms with van der Waals surface area (Å²) in [6.45, 7) is 1.87. The third-order valence-electron chi connectivity index (χ3n) is 1.33. The van der Waals surface area contributed by atoms with Crippen molar-refractivity contribution in [3.05, 3.63) is 0 Å². The highest BCUT2D eigenvalue weighted by Gasteiger charge is 2.36. The highest BCUT2D eigenvalue weighted by molar-refractivity contribution is 5.75. The van der Waals surface area contributed by atoms with E-state index in [2.05, 4.69) is 9.47 Å². The molecule has 0 unspecified atom stereocenters. The van der Waals surface area contributed by atoms with Crippen molar-refractivity contribution in [3.63, 3.8) is 0 Å². The van der Waals surface area contributed by atoms with Crippen molar-refractivity contribution in [3.8, 4) is 0 Å². The minimum Gasteiger partial charge on any atom is -0.469 e. The minimum atomic E-state index is -4.72. The fraction of sp³-hybridized carbons (Fsp3) is 0.857. The Morgan fingerprint density at radius 2 is 1.77 bits per heavy atom. The van der Waals surface area contributed by atoms with E-state index in [0.717, 1.165) is 7.11 Å². The van der Waals surface area contributed by atoms with E-state index in [9.17, 15) is 18.0 Å². The second-order valence-electron chi connectivity index (χ2n) is 3.11. The SMILES string of the molecule is COC(=O)C(C)(C)COC(F)(F)F. The molecule has 0 saturated carbocycles. The lowest BCUT2D eigenvalue weighted by Crippen LogP contribution is -2.33. The summed E-state index contributed by atoms with van der Waals surface area (Å²) in [5.41, 5.74) is -1.29. The Kier molecular flexibility index (Phi) is 3.71. The number of methoxy groups -OCH3 is 1. The topological polar surface area (TPSA) is 35.5 Å². The number of ether oxygens (including phenoxy) is 2. The van der Waals surface area contributed by atoms with E-state index in [4.69, 9.17) is 0 Å². The minimum absolute atomic E-state index is 0.739. The summed E-state index contributed by atoms with van der Waals surface area (Å²) in [4.78, 5) is 10.9. The molecule has 3 nitrogen and oxygen atoms in total. The summed E-state index contributed by atoms with van der Waals surface area (Å²) in [5, 5.41) is 0. The summed E-state index contributed by atoms with van der Waals surface area (Å²) in [7, 11) is 1.11. The molecule has 0 fully saturated rings. The van der Waals surface area contributed by atoms with Gasteiger partial charge in [0.1, 0.15) is 0 Å². The number of alkyl halides is 3. The molecular weight excluding hydrogens is 189 g/mol. The zero-order valence-electron chi connectivity index (χ0n) is 7.57. The van der Waals surface area contributed by atoms with Crippen LogP contribution in [-0.4, -0.2) is 26.0 Å². The van der Waals surface area contributed by atoms with Crippen LogP contribution in [0.5, 0.6) is 0 Å². The standard InChI is InChI=1S/C7H11F3O3/c1-6(2,5(11)12-3)4-13-7(8,9)10/h4H2,1-3H3. The van der Waals surface area contributed by atoms with E-state index in [1.165, 1.54) is 13.8 Å². The van der Waals surface area contributed by atoms with Gasteiger partial charge in [0, 0.05) is 0 Å². The van der Waals surface area contributed by atoms with Crippen molar-refractivity contribution >= 4 is 5.97 Å². The van der Waals surface area contributed by atoms with Gasteiger partial charge in [-0.1, -0.05) is 0 Å². The molecule has 0 aromatic carbocycles. The van der Waals surface area contributed by atoms with Crippen LogP contribution in [0.15, 0.2) is 0 Å². The molecule has 6 heteroatoms. The molecule has 0 radical (unpaired) electrons. The average molecular weight is 200 g/mol. The van der Waals surface area contributed by atoms with E-state index in [1.54, 1.807) is 0 Å². The van der Waals surface area contributed by atoms with Gasteiger partial charge in [0.25, 0.3) is 0 Å². The van der Waals surface area contributed by atoms with Gasteiger partial charge in [0.15, 0.2) is 0 Å². The van der Waals surface area contributed by atoms with Gasteiger partial charge in [-0.25, -0.2) is 0 Å². The van der Waals surface area contributed by atoms with E-state index < -0.39 is 24.4 Å². The van der Waals surface area contributed by atoms with Gasteiger partial charge >= 0.3 is 12.3 Å². The lowest BCUT2D eigenvalue weighted by atomic mass is 9.95. The second kappa shape index (κ2) is 3.95. The Morgan fingerprint density at radius 3 is 2.08 bits per heavy atom. The van der Waals surface area contributed by atoms with Crippen molar-refractivity contribution in [2.75, 3.05) is 13.7 Å². The van der Waals surface area contributed by atoms with Crippen molar-refractivity contribution in [2.24, 2.45) is 5.41 Å². The monoisotopic (exact) mass is 200 g/mol. The average Bonchev–Trinajstić information content (AvgIpc) is 1.98. The van der Waals surface area contributed by atoms with Gasteiger partial charge in [0.05, 0.1) is 19.1 Å². The molecule has 0 amide bonds. The summed E-state index contributed by atoms with van der Waals surface area (Å²) in [6, 6.07) is 0.